The Hall–Kier alpha value is -1.98. The van der Waals surface area contributed by atoms with Crippen molar-refractivity contribution >= 4 is 11.9 Å². The summed E-state index contributed by atoms with van der Waals surface area (Å²) < 4.78 is 30.7. The van der Waals surface area contributed by atoms with Gasteiger partial charge in [0, 0.05) is 0 Å². The lowest BCUT2D eigenvalue weighted by Crippen LogP contribution is -2.41. The van der Waals surface area contributed by atoms with Gasteiger partial charge in [-0.25, -0.2) is 13.6 Å². The number of esters is 1. The topological polar surface area (TPSA) is 55.4 Å². The fraction of sp³-hybridized carbons (Fsp3) is 0.333. The van der Waals surface area contributed by atoms with Crippen molar-refractivity contribution in [3.8, 4) is 0 Å². The van der Waals surface area contributed by atoms with Crippen LogP contribution in [-0.4, -0.2) is 25.0 Å². The van der Waals surface area contributed by atoms with Gasteiger partial charge in [-0.15, -0.1) is 0 Å². The average molecular weight is 257 g/mol. The first-order chi connectivity index (χ1) is 8.51. The zero-order chi connectivity index (χ0) is 13.7. The van der Waals surface area contributed by atoms with Crippen LogP contribution < -0.4 is 5.32 Å². The second kappa shape index (κ2) is 6.09. The Morgan fingerprint density at radius 2 is 2.06 bits per heavy atom. The van der Waals surface area contributed by atoms with Gasteiger partial charge in [-0.1, -0.05) is 13.0 Å². The normalized spacial score (nSPS) is 11.8. The monoisotopic (exact) mass is 257 g/mol. The van der Waals surface area contributed by atoms with Gasteiger partial charge in [-0.3, -0.25) is 4.79 Å². The SMILES string of the molecule is CC[C@H](NC(=O)c1cccc(F)c1F)C(=O)OC. The van der Waals surface area contributed by atoms with Gasteiger partial charge in [0.25, 0.3) is 5.91 Å². The maximum Gasteiger partial charge on any atom is 0.328 e. The second-order valence-corrected chi connectivity index (χ2v) is 3.56. The van der Waals surface area contributed by atoms with Crippen LogP contribution in [0.4, 0.5) is 8.78 Å². The number of rotatable bonds is 4. The number of ether oxygens (including phenoxy) is 1. The zero-order valence-electron chi connectivity index (χ0n) is 10.00. The van der Waals surface area contributed by atoms with Crippen molar-refractivity contribution in [3.63, 3.8) is 0 Å². The molecular weight excluding hydrogens is 244 g/mol. The highest BCUT2D eigenvalue weighted by Gasteiger charge is 2.22. The van der Waals surface area contributed by atoms with E-state index in [1.165, 1.54) is 13.2 Å². The minimum absolute atomic E-state index is 0.287. The number of carbonyl (C=O) groups excluding carboxylic acids is 2. The van der Waals surface area contributed by atoms with Crippen molar-refractivity contribution in [2.24, 2.45) is 0 Å². The van der Waals surface area contributed by atoms with E-state index in [1.54, 1.807) is 6.92 Å². The Bertz CT molecular complexity index is 463. The number of benzene rings is 1. The highest BCUT2D eigenvalue weighted by Crippen LogP contribution is 2.11. The van der Waals surface area contributed by atoms with Gasteiger partial charge in [-0.05, 0) is 18.6 Å². The number of amides is 1. The summed E-state index contributed by atoms with van der Waals surface area (Å²) in [4.78, 5) is 22.9. The van der Waals surface area contributed by atoms with E-state index in [9.17, 15) is 18.4 Å². The maximum absolute atomic E-state index is 13.3. The number of nitrogens with one attached hydrogen (secondary N) is 1. The standard InChI is InChI=1S/C12H13F2NO3/c1-3-9(12(17)18-2)15-11(16)7-5-4-6-8(13)10(7)14/h4-6,9H,3H2,1-2H3,(H,15,16)/t9-/m0/s1. The summed E-state index contributed by atoms with van der Waals surface area (Å²) in [5.74, 6) is -3.85. The van der Waals surface area contributed by atoms with Gasteiger partial charge in [0.1, 0.15) is 6.04 Å². The Morgan fingerprint density at radius 3 is 2.61 bits per heavy atom. The third kappa shape index (κ3) is 3.03. The van der Waals surface area contributed by atoms with Crippen molar-refractivity contribution < 1.29 is 23.1 Å². The van der Waals surface area contributed by atoms with E-state index in [0.717, 1.165) is 12.1 Å². The summed E-state index contributed by atoms with van der Waals surface area (Å²) in [7, 11) is 1.18. The predicted octanol–water partition coefficient (Wildman–Crippen LogP) is 1.65. The van der Waals surface area contributed by atoms with Gasteiger partial charge >= 0.3 is 5.97 Å². The molecule has 1 N–H and O–H groups in total. The third-order valence-electron chi connectivity index (χ3n) is 2.40. The van der Waals surface area contributed by atoms with E-state index in [4.69, 9.17) is 0 Å². The molecule has 0 bridgehead atoms. The first-order valence-electron chi connectivity index (χ1n) is 5.34. The lowest BCUT2D eigenvalue weighted by Gasteiger charge is -2.14. The summed E-state index contributed by atoms with van der Waals surface area (Å²) >= 11 is 0. The maximum atomic E-state index is 13.3. The average Bonchev–Trinajstić information content (AvgIpc) is 2.37. The molecule has 0 spiro atoms. The molecule has 18 heavy (non-hydrogen) atoms. The second-order valence-electron chi connectivity index (χ2n) is 3.56. The van der Waals surface area contributed by atoms with Gasteiger partial charge in [0.15, 0.2) is 11.6 Å². The number of methoxy groups -OCH3 is 1. The number of halogens is 2. The smallest absolute Gasteiger partial charge is 0.328 e. The van der Waals surface area contributed by atoms with Crippen LogP contribution in [0.5, 0.6) is 0 Å². The van der Waals surface area contributed by atoms with Crippen molar-refractivity contribution in [1.82, 2.24) is 5.32 Å². The molecule has 0 unspecified atom stereocenters. The first kappa shape index (κ1) is 14.1. The van der Waals surface area contributed by atoms with E-state index in [1.807, 2.05) is 0 Å². The van der Waals surface area contributed by atoms with Crippen molar-refractivity contribution in [2.75, 3.05) is 7.11 Å². The van der Waals surface area contributed by atoms with Crippen LogP contribution in [0.2, 0.25) is 0 Å². The molecular formula is C12H13F2NO3. The first-order valence-corrected chi connectivity index (χ1v) is 5.34. The van der Waals surface area contributed by atoms with Crippen molar-refractivity contribution in [2.45, 2.75) is 19.4 Å². The third-order valence-corrected chi connectivity index (χ3v) is 2.40. The van der Waals surface area contributed by atoms with E-state index in [2.05, 4.69) is 10.1 Å². The number of carbonyl (C=O) groups is 2. The Balaban J connectivity index is 2.88. The van der Waals surface area contributed by atoms with Crippen LogP contribution in [-0.2, 0) is 9.53 Å². The highest BCUT2D eigenvalue weighted by atomic mass is 19.2. The van der Waals surface area contributed by atoms with Gasteiger partial charge in [-0.2, -0.15) is 0 Å². The molecule has 1 atom stereocenters. The molecule has 0 aliphatic heterocycles. The van der Waals surface area contributed by atoms with Gasteiger partial charge in [0.05, 0.1) is 12.7 Å². The molecule has 4 nitrogen and oxygen atoms in total. The molecule has 98 valence electrons. The molecule has 0 heterocycles. The Kier molecular flexibility index (Phi) is 4.76. The van der Waals surface area contributed by atoms with Crippen LogP contribution in [0.25, 0.3) is 0 Å². The number of hydrogen-bond donors (Lipinski definition) is 1. The van der Waals surface area contributed by atoms with Crippen molar-refractivity contribution in [1.29, 1.82) is 0 Å². The minimum atomic E-state index is -1.24. The van der Waals surface area contributed by atoms with E-state index >= 15 is 0 Å². The fourth-order valence-corrected chi connectivity index (χ4v) is 1.39. The van der Waals surface area contributed by atoms with E-state index in [-0.39, 0.29) is 6.42 Å². The molecule has 0 saturated carbocycles. The Morgan fingerprint density at radius 1 is 1.39 bits per heavy atom. The molecule has 0 radical (unpaired) electrons. The molecule has 1 aromatic carbocycles. The number of hydrogen-bond acceptors (Lipinski definition) is 3. The molecule has 0 fully saturated rings. The molecule has 6 heteroatoms. The molecule has 1 rings (SSSR count). The van der Waals surface area contributed by atoms with Crippen LogP contribution in [0.1, 0.15) is 23.7 Å². The summed E-state index contributed by atoms with van der Waals surface area (Å²) in [5, 5.41) is 2.28. The lowest BCUT2D eigenvalue weighted by molar-refractivity contribution is -0.142. The van der Waals surface area contributed by atoms with E-state index < -0.39 is 35.1 Å². The summed E-state index contributed by atoms with van der Waals surface area (Å²) in [5.41, 5.74) is -0.447. The van der Waals surface area contributed by atoms with E-state index in [0.29, 0.717) is 0 Å². The van der Waals surface area contributed by atoms with Crippen LogP contribution in [0.15, 0.2) is 18.2 Å². The van der Waals surface area contributed by atoms with Crippen molar-refractivity contribution in [3.05, 3.63) is 35.4 Å². The highest BCUT2D eigenvalue weighted by molar-refractivity contribution is 5.97. The van der Waals surface area contributed by atoms with Gasteiger partial charge < -0.3 is 10.1 Å². The van der Waals surface area contributed by atoms with Gasteiger partial charge in [0.2, 0.25) is 0 Å². The molecule has 0 aliphatic rings. The quantitative estimate of drug-likeness (QED) is 0.834. The molecule has 1 amide bonds. The summed E-state index contributed by atoms with van der Waals surface area (Å²) in [6.45, 7) is 1.66. The van der Waals surface area contributed by atoms with Crippen LogP contribution >= 0.6 is 0 Å². The largest absolute Gasteiger partial charge is 0.467 e. The lowest BCUT2D eigenvalue weighted by atomic mass is 10.1. The van der Waals surface area contributed by atoms with Crippen LogP contribution in [0.3, 0.4) is 0 Å². The summed E-state index contributed by atoms with van der Waals surface area (Å²) in [6, 6.07) is 2.37. The minimum Gasteiger partial charge on any atom is -0.467 e. The Labute approximate surface area is 103 Å². The zero-order valence-corrected chi connectivity index (χ0v) is 10.00. The fourth-order valence-electron chi connectivity index (χ4n) is 1.39. The van der Waals surface area contributed by atoms with Crippen LogP contribution in [0, 0.1) is 11.6 Å². The predicted molar refractivity (Wildman–Crippen MR) is 59.9 cm³/mol. The molecule has 0 aromatic heterocycles. The molecule has 1 aromatic rings. The molecule has 0 saturated heterocycles. The molecule has 0 aliphatic carbocycles. The summed E-state index contributed by atoms with van der Waals surface area (Å²) in [6.07, 6.45) is 0.287.